The Hall–Kier alpha value is -0.0600. The van der Waals surface area contributed by atoms with Gasteiger partial charge in [-0.2, -0.15) is 0 Å². The van der Waals surface area contributed by atoms with Gasteiger partial charge in [-0.15, -0.1) is 0 Å². The van der Waals surface area contributed by atoms with E-state index in [9.17, 15) is 0 Å². The maximum Gasteiger partial charge on any atom is 0.0572 e. The Morgan fingerprint density at radius 2 is 1.88 bits per heavy atom. The molecule has 2 rings (SSSR count). The largest absolute Gasteiger partial charge is 0.381 e. The van der Waals surface area contributed by atoms with Crippen LogP contribution in [0.5, 0.6) is 0 Å². The molecular weight excluding hydrogens is 346 g/mol. The Bertz CT molecular complexity index is 376. The van der Waals surface area contributed by atoms with Crippen LogP contribution >= 0.6 is 31.9 Å². The summed E-state index contributed by atoms with van der Waals surface area (Å²) in [6, 6.07) is 6.78. The molecule has 1 fully saturated rings. The first-order valence-corrected chi connectivity index (χ1v) is 7.52. The predicted molar refractivity (Wildman–Crippen MR) is 78.5 cm³/mol. The number of anilines is 1. The van der Waals surface area contributed by atoms with Gasteiger partial charge in [0.25, 0.3) is 0 Å². The number of methoxy groups -OCH3 is 1. The van der Waals surface area contributed by atoms with Gasteiger partial charge in [-0.05, 0) is 59.8 Å². The van der Waals surface area contributed by atoms with Crippen molar-refractivity contribution in [2.75, 3.05) is 12.4 Å². The van der Waals surface area contributed by atoms with E-state index < -0.39 is 0 Å². The Kier molecular flexibility index (Phi) is 4.88. The van der Waals surface area contributed by atoms with E-state index in [0.717, 1.165) is 21.8 Å². The molecule has 1 saturated carbocycles. The van der Waals surface area contributed by atoms with E-state index in [1.807, 2.05) is 13.2 Å². The highest BCUT2D eigenvalue weighted by molar-refractivity contribution is 9.11. The minimum absolute atomic E-state index is 0.457. The van der Waals surface area contributed by atoms with E-state index in [0.29, 0.717) is 12.1 Å². The Balaban J connectivity index is 1.95. The van der Waals surface area contributed by atoms with Crippen molar-refractivity contribution < 1.29 is 4.74 Å². The standard InChI is InChI=1S/C13H17Br2NO/c1-17-11-5-3-10(4-6-11)16-13-8-9(14)2-7-12(13)15/h2,7-8,10-11,16H,3-6H2,1H3. The fraction of sp³-hybridized carbons (Fsp3) is 0.538. The number of ether oxygens (including phenoxy) is 1. The van der Waals surface area contributed by atoms with Crippen LogP contribution < -0.4 is 5.32 Å². The summed E-state index contributed by atoms with van der Waals surface area (Å²) in [5.74, 6) is 0. The molecule has 1 aliphatic carbocycles. The predicted octanol–water partition coefficient (Wildman–Crippen LogP) is 4.58. The van der Waals surface area contributed by atoms with Crippen molar-refractivity contribution in [2.24, 2.45) is 0 Å². The van der Waals surface area contributed by atoms with Crippen LogP contribution in [0.3, 0.4) is 0 Å². The fourth-order valence-corrected chi connectivity index (χ4v) is 2.99. The summed E-state index contributed by atoms with van der Waals surface area (Å²) < 4.78 is 7.61. The van der Waals surface area contributed by atoms with Gasteiger partial charge in [0.2, 0.25) is 0 Å². The third-order valence-electron chi connectivity index (χ3n) is 3.30. The number of hydrogen-bond acceptors (Lipinski definition) is 2. The van der Waals surface area contributed by atoms with Crippen LogP contribution in [0.1, 0.15) is 25.7 Å². The van der Waals surface area contributed by atoms with Crippen molar-refractivity contribution in [3.8, 4) is 0 Å². The molecule has 0 unspecified atom stereocenters. The van der Waals surface area contributed by atoms with Crippen LogP contribution in [0, 0.1) is 0 Å². The molecule has 94 valence electrons. The van der Waals surface area contributed by atoms with Crippen molar-refractivity contribution in [3.63, 3.8) is 0 Å². The van der Waals surface area contributed by atoms with Gasteiger partial charge >= 0.3 is 0 Å². The van der Waals surface area contributed by atoms with Crippen LogP contribution in [0.25, 0.3) is 0 Å². The highest BCUT2D eigenvalue weighted by Gasteiger charge is 2.21. The van der Waals surface area contributed by atoms with E-state index in [2.05, 4.69) is 49.3 Å². The van der Waals surface area contributed by atoms with Crippen molar-refractivity contribution in [2.45, 2.75) is 37.8 Å². The molecule has 0 bridgehead atoms. The Labute approximate surface area is 119 Å². The lowest BCUT2D eigenvalue weighted by Crippen LogP contribution is -2.29. The van der Waals surface area contributed by atoms with E-state index in [1.54, 1.807) is 0 Å². The smallest absolute Gasteiger partial charge is 0.0572 e. The zero-order chi connectivity index (χ0) is 12.3. The maximum absolute atomic E-state index is 5.39. The van der Waals surface area contributed by atoms with Gasteiger partial charge in [0, 0.05) is 27.8 Å². The van der Waals surface area contributed by atoms with Gasteiger partial charge < -0.3 is 10.1 Å². The molecule has 0 heterocycles. The van der Waals surface area contributed by atoms with E-state index in [4.69, 9.17) is 4.74 Å². The molecule has 1 N–H and O–H groups in total. The maximum atomic E-state index is 5.39. The van der Waals surface area contributed by atoms with Crippen LogP contribution in [-0.2, 0) is 4.74 Å². The lowest BCUT2D eigenvalue weighted by Gasteiger charge is -2.29. The summed E-state index contributed by atoms with van der Waals surface area (Å²) in [5, 5.41) is 3.60. The summed E-state index contributed by atoms with van der Waals surface area (Å²) >= 11 is 7.08. The van der Waals surface area contributed by atoms with Gasteiger partial charge in [-0.1, -0.05) is 15.9 Å². The molecule has 0 radical (unpaired) electrons. The quantitative estimate of drug-likeness (QED) is 0.849. The summed E-state index contributed by atoms with van der Waals surface area (Å²) in [5.41, 5.74) is 1.17. The van der Waals surface area contributed by atoms with Crippen LogP contribution in [-0.4, -0.2) is 19.3 Å². The molecular formula is C13H17Br2NO. The van der Waals surface area contributed by atoms with Crippen molar-refractivity contribution in [1.29, 1.82) is 0 Å². The fourth-order valence-electron chi connectivity index (χ4n) is 2.27. The van der Waals surface area contributed by atoms with Crippen molar-refractivity contribution >= 4 is 37.5 Å². The number of halogens is 2. The minimum Gasteiger partial charge on any atom is -0.381 e. The van der Waals surface area contributed by atoms with E-state index in [1.165, 1.54) is 18.5 Å². The molecule has 0 saturated heterocycles. The normalized spacial score (nSPS) is 24.6. The zero-order valence-corrected chi connectivity index (χ0v) is 13.1. The molecule has 17 heavy (non-hydrogen) atoms. The molecule has 1 aromatic carbocycles. The lowest BCUT2D eigenvalue weighted by molar-refractivity contribution is 0.0682. The third-order valence-corrected chi connectivity index (χ3v) is 4.48. The Morgan fingerprint density at radius 3 is 2.53 bits per heavy atom. The summed E-state index contributed by atoms with van der Waals surface area (Å²) in [7, 11) is 1.81. The van der Waals surface area contributed by atoms with Crippen LogP contribution in [0.4, 0.5) is 5.69 Å². The summed E-state index contributed by atoms with van der Waals surface area (Å²) in [6.45, 7) is 0. The molecule has 0 spiro atoms. The second-order valence-electron chi connectivity index (χ2n) is 4.48. The topological polar surface area (TPSA) is 21.3 Å². The molecule has 0 aliphatic heterocycles. The number of hydrogen-bond donors (Lipinski definition) is 1. The minimum atomic E-state index is 0.457. The average molecular weight is 363 g/mol. The van der Waals surface area contributed by atoms with Gasteiger partial charge in [-0.3, -0.25) is 0 Å². The first-order chi connectivity index (χ1) is 8.19. The van der Waals surface area contributed by atoms with Gasteiger partial charge in [0.1, 0.15) is 0 Å². The van der Waals surface area contributed by atoms with Crippen molar-refractivity contribution in [3.05, 3.63) is 27.1 Å². The molecule has 1 aromatic rings. The van der Waals surface area contributed by atoms with E-state index >= 15 is 0 Å². The van der Waals surface area contributed by atoms with Gasteiger partial charge in [-0.25, -0.2) is 0 Å². The molecule has 4 heteroatoms. The number of benzene rings is 1. The molecule has 0 atom stereocenters. The van der Waals surface area contributed by atoms with Gasteiger partial charge in [0.15, 0.2) is 0 Å². The van der Waals surface area contributed by atoms with Gasteiger partial charge in [0.05, 0.1) is 6.10 Å². The van der Waals surface area contributed by atoms with E-state index in [-0.39, 0.29) is 0 Å². The Morgan fingerprint density at radius 1 is 1.18 bits per heavy atom. The molecule has 1 aliphatic rings. The second kappa shape index (κ2) is 6.21. The SMILES string of the molecule is COC1CCC(Nc2cc(Br)ccc2Br)CC1. The monoisotopic (exact) mass is 361 g/mol. The summed E-state index contributed by atoms with van der Waals surface area (Å²) in [4.78, 5) is 0. The first-order valence-electron chi connectivity index (χ1n) is 5.93. The number of rotatable bonds is 3. The lowest BCUT2D eigenvalue weighted by atomic mass is 9.93. The highest BCUT2D eigenvalue weighted by Crippen LogP contribution is 2.30. The number of nitrogens with one attached hydrogen (secondary N) is 1. The molecule has 2 nitrogen and oxygen atoms in total. The molecule has 0 aromatic heterocycles. The third kappa shape index (κ3) is 3.70. The highest BCUT2D eigenvalue weighted by atomic mass is 79.9. The average Bonchev–Trinajstić information content (AvgIpc) is 2.35. The zero-order valence-electron chi connectivity index (χ0n) is 9.88. The first kappa shape index (κ1) is 13.4. The summed E-state index contributed by atoms with van der Waals surface area (Å²) in [6.07, 6.45) is 5.12. The van der Waals surface area contributed by atoms with Crippen molar-refractivity contribution in [1.82, 2.24) is 0 Å². The molecule has 0 amide bonds. The second-order valence-corrected chi connectivity index (χ2v) is 6.25. The van der Waals surface area contributed by atoms with Crippen LogP contribution in [0.2, 0.25) is 0 Å². The van der Waals surface area contributed by atoms with Crippen LogP contribution in [0.15, 0.2) is 27.1 Å².